The number of benzene rings is 1. The van der Waals surface area contributed by atoms with Crippen LogP contribution in [0.25, 0.3) is 10.9 Å². The van der Waals surface area contributed by atoms with Crippen LogP contribution in [-0.4, -0.2) is 16.3 Å². The number of aryl methyl sites for hydroxylation is 1. The van der Waals surface area contributed by atoms with Crippen LogP contribution >= 0.6 is 11.6 Å². The first-order valence-corrected chi connectivity index (χ1v) is 6.49. The standard InChI is InChI=1S/C13H16ClN3/c1-17-11-7-4-5-9(12(11)13(14)16-17)10-6-2-3-8-15-10/h4-5,7,10,15H,2-3,6,8H2,1H3. The average molecular weight is 250 g/mol. The fraction of sp³-hybridized carbons (Fsp3) is 0.462. The summed E-state index contributed by atoms with van der Waals surface area (Å²) in [4.78, 5) is 0. The molecule has 1 aliphatic heterocycles. The monoisotopic (exact) mass is 249 g/mol. The van der Waals surface area contributed by atoms with Gasteiger partial charge in [0.1, 0.15) is 0 Å². The lowest BCUT2D eigenvalue weighted by Gasteiger charge is -2.24. The van der Waals surface area contributed by atoms with Gasteiger partial charge in [0.2, 0.25) is 0 Å². The number of nitrogens with zero attached hydrogens (tertiary/aromatic N) is 2. The number of piperidine rings is 1. The zero-order valence-corrected chi connectivity index (χ0v) is 10.7. The SMILES string of the molecule is Cn1nc(Cl)c2c(C3CCCCN3)cccc21. The van der Waals surface area contributed by atoms with Gasteiger partial charge in [0.25, 0.3) is 0 Å². The minimum absolute atomic E-state index is 0.425. The molecule has 0 radical (unpaired) electrons. The molecule has 1 fully saturated rings. The minimum atomic E-state index is 0.425. The van der Waals surface area contributed by atoms with E-state index in [4.69, 9.17) is 11.6 Å². The summed E-state index contributed by atoms with van der Waals surface area (Å²) >= 11 is 6.24. The molecule has 1 unspecified atom stereocenters. The Morgan fingerprint density at radius 2 is 2.29 bits per heavy atom. The second kappa shape index (κ2) is 4.31. The average Bonchev–Trinajstić information content (AvgIpc) is 2.66. The van der Waals surface area contributed by atoms with Gasteiger partial charge in [-0.05, 0) is 31.0 Å². The van der Waals surface area contributed by atoms with Crippen molar-refractivity contribution in [3.05, 3.63) is 28.9 Å². The molecule has 1 aromatic heterocycles. The van der Waals surface area contributed by atoms with Crippen LogP contribution < -0.4 is 5.32 Å². The van der Waals surface area contributed by atoms with Gasteiger partial charge >= 0.3 is 0 Å². The molecule has 1 aromatic carbocycles. The van der Waals surface area contributed by atoms with Crippen molar-refractivity contribution in [3.63, 3.8) is 0 Å². The topological polar surface area (TPSA) is 29.9 Å². The lowest BCUT2D eigenvalue weighted by Crippen LogP contribution is -2.26. The van der Waals surface area contributed by atoms with Gasteiger partial charge in [-0.2, -0.15) is 5.10 Å². The summed E-state index contributed by atoms with van der Waals surface area (Å²) in [5, 5.41) is 9.59. The Morgan fingerprint density at radius 1 is 1.41 bits per heavy atom. The normalized spacial score (nSPS) is 20.9. The van der Waals surface area contributed by atoms with E-state index in [2.05, 4.69) is 28.6 Å². The van der Waals surface area contributed by atoms with Crippen molar-refractivity contribution in [2.75, 3.05) is 6.54 Å². The Bertz CT molecular complexity index is 541. The molecule has 90 valence electrons. The van der Waals surface area contributed by atoms with E-state index in [1.54, 1.807) is 0 Å². The molecule has 0 aliphatic carbocycles. The van der Waals surface area contributed by atoms with Crippen molar-refractivity contribution < 1.29 is 0 Å². The maximum absolute atomic E-state index is 6.24. The van der Waals surface area contributed by atoms with E-state index in [0.717, 1.165) is 17.4 Å². The Hall–Kier alpha value is -1.06. The highest BCUT2D eigenvalue weighted by atomic mass is 35.5. The van der Waals surface area contributed by atoms with Gasteiger partial charge in [0.05, 0.1) is 5.52 Å². The van der Waals surface area contributed by atoms with Crippen molar-refractivity contribution in [3.8, 4) is 0 Å². The highest BCUT2D eigenvalue weighted by molar-refractivity contribution is 6.34. The summed E-state index contributed by atoms with van der Waals surface area (Å²) < 4.78 is 1.85. The van der Waals surface area contributed by atoms with Crippen LogP contribution in [0.5, 0.6) is 0 Å². The first-order chi connectivity index (χ1) is 8.27. The molecular weight excluding hydrogens is 234 g/mol. The molecule has 1 N–H and O–H groups in total. The molecular formula is C13H16ClN3. The van der Waals surface area contributed by atoms with E-state index in [0.29, 0.717) is 11.2 Å². The molecule has 1 saturated heterocycles. The van der Waals surface area contributed by atoms with Crippen LogP contribution in [0.2, 0.25) is 5.15 Å². The molecule has 2 aromatic rings. The van der Waals surface area contributed by atoms with Crippen LogP contribution in [0, 0.1) is 0 Å². The van der Waals surface area contributed by atoms with E-state index < -0.39 is 0 Å². The van der Waals surface area contributed by atoms with Crippen LogP contribution in [0.4, 0.5) is 0 Å². The first-order valence-electron chi connectivity index (χ1n) is 6.12. The Balaban J connectivity index is 2.15. The van der Waals surface area contributed by atoms with Crippen LogP contribution in [0.3, 0.4) is 0 Å². The first kappa shape index (κ1) is 11.1. The van der Waals surface area contributed by atoms with Crippen LogP contribution in [0.15, 0.2) is 18.2 Å². The number of aromatic nitrogens is 2. The zero-order chi connectivity index (χ0) is 11.8. The number of hydrogen-bond acceptors (Lipinski definition) is 2. The molecule has 2 heterocycles. The number of rotatable bonds is 1. The highest BCUT2D eigenvalue weighted by Gasteiger charge is 2.20. The smallest absolute Gasteiger partial charge is 0.159 e. The fourth-order valence-electron chi connectivity index (χ4n) is 2.70. The molecule has 17 heavy (non-hydrogen) atoms. The summed E-state index contributed by atoms with van der Waals surface area (Å²) in [7, 11) is 1.94. The third kappa shape index (κ3) is 1.83. The highest BCUT2D eigenvalue weighted by Crippen LogP contribution is 2.33. The summed E-state index contributed by atoms with van der Waals surface area (Å²) in [6, 6.07) is 6.75. The predicted octanol–water partition coefficient (Wildman–Crippen LogP) is 3.04. The second-order valence-electron chi connectivity index (χ2n) is 4.66. The van der Waals surface area contributed by atoms with Gasteiger partial charge in [0, 0.05) is 18.5 Å². The molecule has 3 rings (SSSR count). The van der Waals surface area contributed by atoms with E-state index in [-0.39, 0.29) is 0 Å². The summed E-state index contributed by atoms with van der Waals surface area (Å²) in [6.45, 7) is 1.10. The number of fused-ring (bicyclic) bond motifs is 1. The van der Waals surface area contributed by atoms with Gasteiger partial charge in [0.15, 0.2) is 5.15 Å². The van der Waals surface area contributed by atoms with Gasteiger partial charge in [-0.25, -0.2) is 0 Å². The summed E-state index contributed by atoms with van der Waals surface area (Å²) in [5.41, 5.74) is 2.40. The lowest BCUT2D eigenvalue weighted by atomic mass is 9.95. The zero-order valence-electron chi connectivity index (χ0n) is 9.91. The molecule has 0 amide bonds. The summed E-state index contributed by atoms with van der Waals surface area (Å²) in [5.74, 6) is 0. The maximum Gasteiger partial charge on any atom is 0.159 e. The van der Waals surface area contributed by atoms with Crippen LogP contribution in [0.1, 0.15) is 30.9 Å². The summed E-state index contributed by atoms with van der Waals surface area (Å²) in [6.07, 6.45) is 3.74. The third-order valence-electron chi connectivity index (χ3n) is 3.55. The molecule has 0 saturated carbocycles. The van der Waals surface area contributed by atoms with Gasteiger partial charge in [-0.3, -0.25) is 4.68 Å². The quantitative estimate of drug-likeness (QED) is 0.842. The van der Waals surface area contributed by atoms with Crippen molar-refractivity contribution in [1.29, 1.82) is 0 Å². The maximum atomic E-state index is 6.24. The minimum Gasteiger partial charge on any atom is -0.310 e. The second-order valence-corrected chi connectivity index (χ2v) is 5.02. The molecule has 0 spiro atoms. The van der Waals surface area contributed by atoms with Crippen molar-refractivity contribution >= 4 is 22.5 Å². The number of nitrogens with one attached hydrogen (secondary N) is 1. The molecule has 3 nitrogen and oxygen atoms in total. The molecule has 0 bridgehead atoms. The van der Waals surface area contributed by atoms with Crippen molar-refractivity contribution in [1.82, 2.24) is 15.1 Å². The largest absolute Gasteiger partial charge is 0.310 e. The number of halogens is 1. The van der Waals surface area contributed by atoms with Gasteiger partial charge < -0.3 is 5.32 Å². The van der Waals surface area contributed by atoms with Crippen LogP contribution in [-0.2, 0) is 7.05 Å². The van der Waals surface area contributed by atoms with E-state index >= 15 is 0 Å². The van der Waals surface area contributed by atoms with Crippen molar-refractivity contribution in [2.24, 2.45) is 7.05 Å². The molecule has 1 atom stereocenters. The molecule has 1 aliphatic rings. The van der Waals surface area contributed by atoms with Gasteiger partial charge in [-0.15, -0.1) is 0 Å². The lowest BCUT2D eigenvalue weighted by molar-refractivity contribution is 0.414. The third-order valence-corrected chi connectivity index (χ3v) is 3.82. The van der Waals surface area contributed by atoms with Crippen molar-refractivity contribution in [2.45, 2.75) is 25.3 Å². The Kier molecular flexibility index (Phi) is 2.81. The predicted molar refractivity (Wildman–Crippen MR) is 70.3 cm³/mol. The molecule has 4 heteroatoms. The van der Waals surface area contributed by atoms with E-state index in [9.17, 15) is 0 Å². The van der Waals surface area contributed by atoms with E-state index in [1.165, 1.54) is 24.8 Å². The Morgan fingerprint density at radius 3 is 3.06 bits per heavy atom. The number of hydrogen-bond donors (Lipinski definition) is 1. The van der Waals surface area contributed by atoms with E-state index in [1.807, 2.05) is 11.7 Å². The van der Waals surface area contributed by atoms with Gasteiger partial charge in [-0.1, -0.05) is 30.2 Å². The Labute approximate surface area is 106 Å². The fourth-order valence-corrected chi connectivity index (χ4v) is 3.01.